The average molecular weight is 365 g/mol. The Labute approximate surface area is 158 Å². The maximum atomic E-state index is 12.9. The molecule has 1 saturated carbocycles. The Balaban J connectivity index is 1.53. The molecule has 5 nitrogen and oxygen atoms in total. The number of aryl methyl sites for hydroxylation is 1. The van der Waals surface area contributed by atoms with Gasteiger partial charge >= 0.3 is 5.97 Å². The van der Waals surface area contributed by atoms with Crippen molar-refractivity contribution in [3.8, 4) is 5.75 Å². The van der Waals surface area contributed by atoms with Crippen LogP contribution in [0.25, 0.3) is 0 Å². The molecule has 3 atom stereocenters. The van der Waals surface area contributed by atoms with Crippen LogP contribution in [-0.2, 0) is 21.4 Å². The van der Waals surface area contributed by atoms with Crippen molar-refractivity contribution < 1.29 is 19.4 Å². The molecule has 2 aromatic carbocycles. The van der Waals surface area contributed by atoms with E-state index in [4.69, 9.17) is 4.74 Å². The van der Waals surface area contributed by atoms with Crippen LogP contribution in [-0.4, -0.2) is 24.1 Å². The molecular weight excluding hydrogens is 342 g/mol. The highest BCUT2D eigenvalue weighted by atomic mass is 16.5. The molecule has 1 spiro atoms. The van der Waals surface area contributed by atoms with Crippen molar-refractivity contribution >= 4 is 11.9 Å². The Morgan fingerprint density at radius 3 is 2.63 bits per heavy atom. The van der Waals surface area contributed by atoms with E-state index in [1.807, 2.05) is 12.1 Å². The van der Waals surface area contributed by atoms with Crippen LogP contribution in [0.4, 0.5) is 0 Å². The highest BCUT2D eigenvalue weighted by molar-refractivity contribution is 5.89. The predicted molar refractivity (Wildman–Crippen MR) is 101 cm³/mol. The number of rotatable bonds is 5. The lowest BCUT2D eigenvalue weighted by Gasteiger charge is -2.26. The van der Waals surface area contributed by atoms with Gasteiger partial charge in [0.1, 0.15) is 5.75 Å². The summed E-state index contributed by atoms with van der Waals surface area (Å²) < 4.78 is 5.11. The number of benzene rings is 2. The first kappa shape index (κ1) is 17.6. The summed E-state index contributed by atoms with van der Waals surface area (Å²) in [4.78, 5) is 24.7. The van der Waals surface area contributed by atoms with Crippen LogP contribution >= 0.6 is 0 Å². The number of carboxylic acid groups (broad SMARTS) is 1. The molecule has 4 rings (SSSR count). The standard InChI is InChI=1S/C22H23NO4/c1-27-16-10-8-15(9-11-16)19(21(25)26)23-20(24)18-13-22(18)12-4-6-14-5-2-3-7-17(14)22/h2-3,5,7-11,18-19H,4,6,12-13H2,1H3,(H,23,24)(H,25,26). The van der Waals surface area contributed by atoms with Crippen LogP contribution in [0, 0.1) is 5.92 Å². The van der Waals surface area contributed by atoms with Gasteiger partial charge in [-0.3, -0.25) is 4.79 Å². The molecule has 0 aliphatic heterocycles. The molecule has 5 heteroatoms. The molecule has 2 N–H and O–H groups in total. The highest BCUT2D eigenvalue weighted by Gasteiger charge is 2.60. The van der Waals surface area contributed by atoms with E-state index in [1.165, 1.54) is 11.1 Å². The molecule has 1 fully saturated rings. The fourth-order valence-electron chi connectivity index (χ4n) is 4.50. The van der Waals surface area contributed by atoms with Gasteiger partial charge in [-0.2, -0.15) is 0 Å². The van der Waals surface area contributed by atoms with E-state index < -0.39 is 12.0 Å². The minimum Gasteiger partial charge on any atom is -0.497 e. The van der Waals surface area contributed by atoms with Gasteiger partial charge in [0.15, 0.2) is 6.04 Å². The normalized spacial score (nSPS) is 24.0. The molecule has 27 heavy (non-hydrogen) atoms. The third-order valence-corrected chi connectivity index (χ3v) is 6.00. The Morgan fingerprint density at radius 2 is 1.93 bits per heavy atom. The summed E-state index contributed by atoms with van der Waals surface area (Å²) in [6.45, 7) is 0. The fourth-order valence-corrected chi connectivity index (χ4v) is 4.50. The van der Waals surface area contributed by atoms with Gasteiger partial charge in [0.25, 0.3) is 0 Å². The van der Waals surface area contributed by atoms with Crippen LogP contribution in [0.3, 0.4) is 0 Å². The number of hydrogen-bond donors (Lipinski definition) is 2. The number of fused-ring (bicyclic) bond motifs is 2. The van der Waals surface area contributed by atoms with Crippen molar-refractivity contribution in [2.45, 2.75) is 37.1 Å². The first-order valence-electron chi connectivity index (χ1n) is 9.31. The SMILES string of the molecule is COc1ccc(C(NC(=O)C2CC23CCCc2ccccc23)C(=O)O)cc1. The maximum Gasteiger partial charge on any atom is 0.330 e. The quantitative estimate of drug-likeness (QED) is 0.853. The lowest BCUT2D eigenvalue weighted by atomic mass is 9.78. The van der Waals surface area contributed by atoms with Crippen LogP contribution in [0.2, 0.25) is 0 Å². The van der Waals surface area contributed by atoms with Gasteiger partial charge in [-0.25, -0.2) is 4.79 Å². The number of methoxy groups -OCH3 is 1. The topological polar surface area (TPSA) is 75.6 Å². The van der Waals surface area contributed by atoms with Gasteiger partial charge in [0.2, 0.25) is 5.91 Å². The monoisotopic (exact) mass is 365 g/mol. The number of ether oxygens (including phenoxy) is 1. The zero-order valence-corrected chi connectivity index (χ0v) is 15.3. The average Bonchev–Trinajstić information content (AvgIpc) is 3.41. The Morgan fingerprint density at radius 1 is 1.19 bits per heavy atom. The summed E-state index contributed by atoms with van der Waals surface area (Å²) in [5, 5.41) is 12.4. The predicted octanol–water partition coefficient (Wildman–Crippen LogP) is 3.23. The second-order valence-electron chi connectivity index (χ2n) is 7.48. The molecule has 0 aromatic heterocycles. The molecule has 140 valence electrons. The van der Waals surface area contributed by atoms with Crippen LogP contribution in [0.15, 0.2) is 48.5 Å². The minimum absolute atomic E-state index is 0.109. The molecule has 0 radical (unpaired) electrons. The molecule has 2 aliphatic rings. The number of carboxylic acids is 1. The number of carbonyl (C=O) groups excluding carboxylic acids is 1. The van der Waals surface area contributed by atoms with Gasteiger partial charge < -0.3 is 15.2 Å². The van der Waals surface area contributed by atoms with Gasteiger partial charge in [-0.15, -0.1) is 0 Å². The van der Waals surface area contributed by atoms with E-state index in [2.05, 4.69) is 17.4 Å². The first-order valence-corrected chi connectivity index (χ1v) is 9.31. The lowest BCUT2D eigenvalue weighted by molar-refractivity contribution is -0.142. The number of carbonyl (C=O) groups is 2. The molecule has 0 bridgehead atoms. The van der Waals surface area contributed by atoms with Gasteiger partial charge in [-0.05, 0) is 54.5 Å². The summed E-state index contributed by atoms with van der Waals surface area (Å²) in [6.07, 6.45) is 3.91. The van der Waals surface area contributed by atoms with Crippen LogP contribution < -0.4 is 10.1 Å². The van der Waals surface area contributed by atoms with Gasteiger partial charge in [-0.1, -0.05) is 36.4 Å². The Bertz CT molecular complexity index is 876. The second kappa shape index (κ2) is 6.72. The molecule has 1 amide bonds. The lowest BCUT2D eigenvalue weighted by Crippen LogP contribution is -2.36. The van der Waals surface area contributed by atoms with E-state index >= 15 is 0 Å². The minimum atomic E-state index is -1.06. The van der Waals surface area contributed by atoms with Gasteiger partial charge in [0.05, 0.1) is 7.11 Å². The van der Waals surface area contributed by atoms with E-state index in [0.717, 1.165) is 25.7 Å². The molecule has 2 aromatic rings. The Hall–Kier alpha value is -2.82. The van der Waals surface area contributed by atoms with E-state index in [9.17, 15) is 14.7 Å². The van der Waals surface area contributed by atoms with Crippen molar-refractivity contribution in [2.24, 2.45) is 5.92 Å². The summed E-state index contributed by atoms with van der Waals surface area (Å²) in [7, 11) is 1.56. The third-order valence-electron chi connectivity index (χ3n) is 6.00. The molecule has 0 saturated heterocycles. The smallest absolute Gasteiger partial charge is 0.330 e. The fraction of sp³-hybridized carbons (Fsp3) is 0.364. The van der Waals surface area contributed by atoms with Gasteiger partial charge in [0, 0.05) is 11.3 Å². The zero-order chi connectivity index (χ0) is 19.0. The summed E-state index contributed by atoms with van der Waals surface area (Å²) >= 11 is 0. The van der Waals surface area contributed by atoms with E-state index in [0.29, 0.717) is 11.3 Å². The first-order chi connectivity index (χ1) is 13.0. The summed E-state index contributed by atoms with van der Waals surface area (Å²) in [5.41, 5.74) is 3.02. The zero-order valence-electron chi connectivity index (χ0n) is 15.3. The molecule has 2 aliphatic carbocycles. The number of nitrogens with one attached hydrogen (secondary N) is 1. The highest BCUT2D eigenvalue weighted by Crippen LogP contribution is 2.60. The van der Waals surface area contributed by atoms with E-state index in [-0.39, 0.29) is 17.2 Å². The van der Waals surface area contributed by atoms with Crippen molar-refractivity contribution in [1.29, 1.82) is 0 Å². The summed E-state index contributed by atoms with van der Waals surface area (Å²) in [6, 6.07) is 14.0. The summed E-state index contributed by atoms with van der Waals surface area (Å²) in [5.74, 6) is -0.740. The van der Waals surface area contributed by atoms with Crippen LogP contribution in [0.5, 0.6) is 5.75 Å². The Kier molecular flexibility index (Phi) is 4.38. The number of aliphatic carboxylic acids is 1. The molecule has 3 unspecified atom stereocenters. The third kappa shape index (κ3) is 3.07. The second-order valence-corrected chi connectivity index (χ2v) is 7.48. The largest absolute Gasteiger partial charge is 0.497 e. The van der Waals surface area contributed by atoms with E-state index in [1.54, 1.807) is 31.4 Å². The van der Waals surface area contributed by atoms with Crippen molar-refractivity contribution in [3.05, 3.63) is 65.2 Å². The number of amides is 1. The maximum absolute atomic E-state index is 12.9. The molecule has 0 heterocycles. The van der Waals surface area contributed by atoms with Crippen LogP contribution in [0.1, 0.15) is 42.0 Å². The molecular formula is C22H23NO4. The van der Waals surface area contributed by atoms with Crippen molar-refractivity contribution in [3.63, 3.8) is 0 Å². The van der Waals surface area contributed by atoms with Crippen molar-refractivity contribution in [2.75, 3.05) is 7.11 Å². The van der Waals surface area contributed by atoms with Crippen molar-refractivity contribution in [1.82, 2.24) is 5.32 Å². The number of hydrogen-bond acceptors (Lipinski definition) is 3.